The molecule has 0 aliphatic carbocycles. The van der Waals surface area contributed by atoms with Crippen LogP contribution in [0.1, 0.15) is 17.0 Å². The molecule has 27 heavy (non-hydrogen) atoms. The number of urea groups is 1. The van der Waals surface area contributed by atoms with Gasteiger partial charge in [0.05, 0.1) is 18.4 Å². The topological polar surface area (TPSA) is 61.0 Å². The smallest absolute Gasteiger partial charge is 0.357 e. The van der Waals surface area contributed by atoms with Crippen LogP contribution in [-0.4, -0.2) is 27.4 Å². The maximum absolute atomic E-state index is 12.6. The molecule has 3 aromatic rings. The molecular weight excluding hydrogens is 381 g/mol. The van der Waals surface area contributed by atoms with Gasteiger partial charge in [0.1, 0.15) is 5.69 Å². The van der Waals surface area contributed by atoms with Crippen LogP contribution in [0.5, 0.6) is 0 Å². The predicted octanol–water partition coefficient (Wildman–Crippen LogP) is 4.83. The molecule has 0 saturated heterocycles. The van der Waals surface area contributed by atoms with E-state index in [9.17, 15) is 18.0 Å². The van der Waals surface area contributed by atoms with E-state index in [4.69, 9.17) is 11.6 Å². The second kappa shape index (κ2) is 6.45. The van der Waals surface area contributed by atoms with Crippen molar-refractivity contribution in [1.82, 2.24) is 14.9 Å². The third kappa shape index (κ3) is 3.44. The molecule has 4 rings (SSSR count). The maximum Gasteiger partial charge on any atom is 0.433 e. The molecule has 3 heterocycles. The minimum atomic E-state index is -4.51. The number of nitrogens with zero attached hydrogens (tertiary/aromatic N) is 2. The number of fused-ring (bicyclic) bond motifs is 3. The van der Waals surface area contributed by atoms with Crippen molar-refractivity contribution in [3.8, 4) is 0 Å². The third-order valence-electron chi connectivity index (χ3n) is 4.53. The highest BCUT2D eigenvalue weighted by Crippen LogP contribution is 2.30. The van der Waals surface area contributed by atoms with Gasteiger partial charge in [-0.05, 0) is 42.3 Å². The molecule has 2 aromatic heterocycles. The Morgan fingerprint density at radius 3 is 2.78 bits per heavy atom. The first-order valence-electron chi connectivity index (χ1n) is 8.19. The van der Waals surface area contributed by atoms with Gasteiger partial charge in [-0.15, -0.1) is 0 Å². The lowest BCUT2D eigenvalue weighted by molar-refractivity contribution is -0.141. The minimum absolute atomic E-state index is 0.210. The van der Waals surface area contributed by atoms with Crippen molar-refractivity contribution < 1.29 is 18.0 Å². The van der Waals surface area contributed by atoms with Gasteiger partial charge in [0.15, 0.2) is 0 Å². The SMILES string of the molecule is O=C(Nc1ccc(C(F)(F)F)nc1)N1CCc2c([nH]c3ccc(Cl)cc23)C1. The minimum Gasteiger partial charge on any atom is -0.357 e. The first kappa shape index (κ1) is 17.7. The Balaban J connectivity index is 1.49. The van der Waals surface area contributed by atoms with Crippen molar-refractivity contribution >= 4 is 34.2 Å². The number of aromatic amines is 1. The highest BCUT2D eigenvalue weighted by atomic mass is 35.5. The van der Waals surface area contributed by atoms with Crippen LogP contribution < -0.4 is 5.32 Å². The molecule has 1 aliphatic heterocycles. The first-order chi connectivity index (χ1) is 12.8. The van der Waals surface area contributed by atoms with Crippen LogP contribution in [0.15, 0.2) is 36.5 Å². The molecule has 1 aromatic carbocycles. The number of halogens is 4. The number of anilines is 1. The Morgan fingerprint density at radius 1 is 1.26 bits per heavy atom. The first-order valence-corrected chi connectivity index (χ1v) is 8.57. The molecule has 0 saturated carbocycles. The number of carbonyl (C=O) groups is 1. The summed E-state index contributed by atoms with van der Waals surface area (Å²) < 4.78 is 37.7. The summed E-state index contributed by atoms with van der Waals surface area (Å²) in [6.45, 7) is 0.869. The quantitative estimate of drug-likeness (QED) is 0.621. The summed E-state index contributed by atoms with van der Waals surface area (Å²) in [6.07, 6.45) is -2.85. The lowest BCUT2D eigenvalue weighted by Crippen LogP contribution is -2.38. The Kier molecular flexibility index (Phi) is 4.22. The van der Waals surface area contributed by atoms with Crippen LogP contribution >= 0.6 is 11.6 Å². The Labute approximate surface area is 157 Å². The fraction of sp³-hybridized carbons (Fsp3) is 0.222. The third-order valence-corrected chi connectivity index (χ3v) is 4.76. The Bertz CT molecular complexity index is 1010. The lowest BCUT2D eigenvalue weighted by atomic mass is 10.0. The van der Waals surface area contributed by atoms with Crippen LogP contribution in [0.3, 0.4) is 0 Å². The lowest BCUT2D eigenvalue weighted by Gasteiger charge is -2.27. The molecule has 0 atom stereocenters. The normalized spacial score (nSPS) is 14.3. The monoisotopic (exact) mass is 394 g/mol. The van der Waals surface area contributed by atoms with Gasteiger partial charge in [-0.2, -0.15) is 13.2 Å². The number of benzene rings is 1. The fourth-order valence-corrected chi connectivity index (χ4v) is 3.40. The van der Waals surface area contributed by atoms with E-state index in [1.54, 1.807) is 11.0 Å². The molecule has 0 radical (unpaired) electrons. The Hall–Kier alpha value is -2.74. The zero-order valence-corrected chi connectivity index (χ0v) is 14.7. The van der Waals surface area contributed by atoms with Crippen molar-refractivity contribution in [2.75, 3.05) is 11.9 Å². The number of carbonyl (C=O) groups excluding carboxylic acids is 1. The van der Waals surface area contributed by atoms with Crippen molar-refractivity contribution in [2.24, 2.45) is 0 Å². The fourth-order valence-electron chi connectivity index (χ4n) is 3.22. The van der Waals surface area contributed by atoms with E-state index in [0.29, 0.717) is 24.5 Å². The van der Waals surface area contributed by atoms with Gasteiger partial charge in [0.2, 0.25) is 0 Å². The number of alkyl halides is 3. The van der Waals surface area contributed by atoms with Crippen LogP contribution in [0.25, 0.3) is 10.9 Å². The summed E-state index contributed by atoms with van der Waals surface area (Å²) in [7, 11) is 0. The highest BCUT2D eigenvalue weighted by molar-refractivity contribution is 6.31. The van der Waals surface area contributed by atoms with Crippen LogP contribution in [-0.2, 0) is 19.1 Å². The summed E-state index contributed by atoms with van der Waals surface area (Å²) in [6, 6.07) is 7.23. The van der Waals surface area contributed by atoms with E-state index in [0.717, 1.165) is 34.4 Å². The summed E-state index contributed by atoms with van der Waals surface area (Å²) >= 11 is 6.06. The molecule has 140 valence electrons. The molecule has 9 heteroatoms. The van der Waals surface area contributed by atoms with E-state index in [2.05, 4.69) is 15.3 Å². The van der Waals surface area contributed by atoms with Gasteiger partial charge in [0, 0.05) is 28.2 Å². The van der Waals surface area contributed by atoms with Gasteiger partial charge in [-0.1, -0.05) is 11.6 Å². The molecule has 0 spiro atoms. The van der Waals surface area contributed by atoms with Gasteiger partial charge in [-0.3, -0.25) is 0 Å². The Morgan fingerprint density at radius 2 is 2.07 bits per heavy atom. The number of nitrogens with one attached hydrogen (secondary N) is 2. The van der Waals surface area contributed by atoms with E-state index < -0.39 is 11.9 Å². The number of H-pyrrole nitrogens is 1. The zero-order chi connectivity index (χ0) is 19.2. The van der Waals surface area contributed by atoms with E-state index in [1.165, 1.54) is 6.07 Å². The van der Waals surface area contributed by atoms with Crippen molar-refractivity contribution in [3.05, 3.63) is 58.5 Å². The summed E-state index contributed by atoms with van der Waals surface area (Å²) in [5, 5.41) is 4.28. The molecule has 2 N–H and O–H groups in total. The van der Waals surface area contributed by atoms with Crippen molar-refractivity contribution in [2.45, 2.75) is 19.1 Å². The van der Waals surface area contributed by atoms with Gasteiger partial charge >= 0.3 is 12.2 Å². The summed E-state index contributed by atoms with van der Waals surface area (Å²) in [5.41, 5.74) is 2.23. The number of aromatic nitrogens is 2. The summed E-state index contributed by atoms with van der Waals surface area (Å²) in [4.78, 5) is 20.7. The predicted molar refractivity (Wildman–Crippen MR) is 95.7 cm³/mol. The van der Waals surface area contributed by atoms with E-state index >= 15 is 0 Å². The molecule has 1 aliphatic rings. The molecule has 0 bridgehead atoms. The second-order valence-corrected chi connectivity index (χ2v) is 6.74. The van der Waals surface area contributed by atoms with Crippen LogP contribution in [0, 0.1) is 0 Å². The van der Waals surface area contributed by atoms with Crippen LogP contribution in [0.2, 0.25) is 5.02 Å². The molecule has 0 fully saturated rings. The van der Waals surface area contributed by atoms with Gasteiger partial charge in [-0.25, -0.2) is 9.78 Å². The summed E-state index contributed by atoms with van der Waals surface area (Å²) in [5.74, 6) is 0. The molecule has 2 amide bonds. The van der Waals surface area contributed by atoms with E-state index in [1.807, 2.05) is 12.1 Å². The number of pyridine rings is 1. The second-order valence-electron chi connectivity index (χ2n) is 6.30. The number of hydrogen-bond acceptors (Lipinski definition) is 2. The molecule has 0 unspecified atom stereocenters. The number of hydrogen-bond donors (Lipinski definition) is 2. The maximum atomic E-state index is 12.6. The number of amides is 2. The van der Waals surface area contributed by atoms with E-state index in [-0.39, 0.29) is 11.7 Å². The van der Waals surface area contributed by atoms with Gasteiger partial charge in [0.25, 0.3) is 0 Å². The molecule has 5 nitrogen and oxygen atoms in total. The average molecular weight is 395 g/mol. The number of rotatable bonds is 1. The van der Waals surface area contributed by atoms with Crippen molar-refractivity contribution in [1.29, 1.82) is 0 Å². The van der Waals surface area contributed by atoms with Crippen LogP contribution in [0.4, 0.5) is 23.7 Å². The standard InChI is InChI=1S/C18H14ClF3N4O/c19-10-1-3-14-13(7-10)12-5-6-26(9-15(12)25-14)17(27)24-11-2-4-16(23-8-11)18(20,21)22/h1-4,7-8,25H,5-6,9H2,(H,24,27). The largest absolute Gasteiger partial charge is 0.433 e. The average Bonchev–Trinajstić information content (AvgIpc) is 2.98. The van der Waals surface area contributed by atoms with Crippen molar-refractivity contribution in [3.63, 3.8) is 0 Å². The highest BCUT2D eigenvalue weighted by Gasteiger charge is 2.32. The molecular formula is C18H14ClF3N4O. The van der Waals surface area contributed by atoms with Gasteiger partial charge < -0.3 is 15.2 Å². The zero-order valence-electron chi connectivity index (χ0n) is 13.9.